The van der Waals surface area contributed by atoms with Crippen LogP contribution in [0.4, 0.5) is 10.1 Å². The summed E-state index contributed by atoms with van der Waals surface area (Å²) in [4.78, 5) is 12.1. The van der Waals surface area contributed by atoms with Crippen molar-refractivity contribution in [1.82, 2.24) is 5.32 Å². The lowest BCUT2D eigenvalue weighted by Gasteiger charge is -2.18. The summed E-state index contributed by atoms with van der Waals surface area (Å²) in [5, 5.41) is 2.69. The summed E-state index contributed by atoms with van der Waals surface area (Å²) in [6, 6.07) is 10.8. The third-order valence-electron chi connectivity index (χ3n) is 4.06. The molecule has 8 heteroatoms. The molecule has 156 valence electrons. The lowest BCUT2D eigenvalue weighted by molar-refractivity contribution is -0.116. The monoisotopic (exact) mass is 530 g/mol. The van der Waals surface area contributed by atoms with Gasteiger partial charge in [-0.2, -0.15) is 0 Å². The third kappa shape index (κ3) is 7.43. The van der Waals surface area contributed by atoms with Gasteiger partial charge in [-0.3, -0.25) is 9.52 Å². The summed E-state index contributed by atoms with van der Waals surface area (Å²) in [5.41, 5.74) is 2.62. The SMILES string of the molecule is CC(C)(C)c1ccc(C=CC(=O)NCc2cc(F)c(NS(C)(=O)=O)c(I)c2)cc1. The van der Waals surface area contributed by atoms with E-state index in [4.69, 9.17) is 0 Å². The van der Waals surface area contributed by atoms with Gasteiger partial charge in [0, 0.05) is 16.2 Å². The normalized spacial score (nSPS) is 12.2. The average molecular weight is 530 g/mol. The van der Waals surface area contributed by atoms with Gasteiger partial charge in [-0.25, -0.2) is 12.8 Å². The number of hydrogen-bond donors (Lipinski definition) is 2. The van der Waals surface area contributed by atoms with Crippen molar-refractivity contribution in [3.05, 3.63) is 68.6 Å². The van der Waals surface area contributed by atoms with Crippen LogP contribution in [0.2, 0.25) is 0 Å². The molecule has 0 heterocycles. The molecule has 0 aliphatic heterocycles. The Morgan fingerprint density at radius 2 is 1.79 bits per heavy atom. The van der Waals surface area contributed by atoms with E-state index in [-0.39, 0.29) is 23.6 Å². The molecule has 1 amide bonds. The molecular formula is C21H24FIN2O3S. The van der Waals surface area contributed by atoms with Crippen LogP contribution in [-0.2, 0) is 26.8 Å². The summed E-state index contributed by atoms with van der Waals surface area (Å²) < 4.78 is 39.4. The standard InChI is InChI=1S/C21H24FIN2O3S/c1-21(2,3)16-8-5-14(6-9-16)7-10-19(26)24-13-15-11-17(22)20(18(23)12-15)25-29(4,27)28/h5-12,25H,13H2,1-4H3,(H,24,26). The molecule has 0 unspecified atom stereocenters. The number of sulfonamides is 1. The maximum Gasteiger partial charge on any atom is 0.244 e. The van der Waals surface area contributed by atoms with E-state index in [1.807, 2.05) is 46.9 Å². The van der Waals surface area contributed by atoms with Gasteiger partial charge in [0.25, 0.3) is 0 Å². The van der Waals surface area contributed by atoms with E-state index in [1.165, 1.54) is 17.7 Å². The highest BCUT2D eigenvalue weighted by atomic mass is 127. The van der Waals surface area contributed by atoms with Gasteiger partial charge in [-0.1, -0.05) is 45.0 Å². The third-order valence-corrected chi connectivity index (χ3v) is 5.49. The molecule has 2 N–H and O–H groups in total. The van der Waals surface area contributed by atoms with E-state index in [0.717, 1.165) is 11.8 Å². The quantitative estimate of drug-likeness (QED) is 0.429. The predicted octanol–water partition coefficient (Wildman–Crippen LogP) is 4.43. The summed E-state index contributed by atoms with van der Waals surface area (Å²) in [5.74, 6) is -1.00. The van der Waals surface area contributed by atoms with Crippen molar-refractivity contribution in [2.24, 2.45) is 0 Å². The second kappa shape index (κ2) is 9.25. The molecule has 0 spiro atoms. The second-order valence-electron chi connectivity index (χ2n) is 7.73. The Balaban J connectivity index is 1.99. The number of nitrogens with one attached hydrogen (secondary N) is 2. The zero-order chi connectivity index (χ0) is 21.8. The maximum absolute atomic E-state index is 14.2. The van der Waals surface area contributed by atoms with Gasteiger partial charge in [0.15, 0.2) is 0 Å². The fraction of sp³-hybridized carbons (Fsp3) is 0.286. The number of amides is 1. The van der Waals surface area contributed by atoms with Gasteiger partial charge >= 0.3 is 0 Å². The molecule has 0 aliphatic rings. The van der Waals surface area contributed by atoms with Gasteiger partial charge in [-0.15, -0.1) is 0 Å². The van der Waals surface area contributed by atoms with Gasteiger partial charge in [-0.05, 0) is 62.9 Å². The minimum atomic E-state index is -3.58. The van der Waals surface area contributed by atoms with Crippen LogP contribution in [0.3, 0.4) is 0 Å². The van der Waals surface area contributed by atoms with E-state index in [1.54, 1.807) is 12.1 Å². The van der Waals surface area contributed by atoms with Gasteiger partial charge < -0.3 is 5.32 Å². The van der Waals surface area contributed by atoms with Crippen molar-refractivity contribution in [2.45, 2.75) is 32.7 Å². The van der Waals surface area contributed by atoms with Crippen LogP contribution in [0.5, 0.6) is 0 Å². The van der Waals surface area contributed by atoms with E-state index in [0.29, 0.717) is 9.13 Å². The molecule has 5 nitrogen and oxygen atoms in total. The lowest BCUT2D eigenvalue weighted by Crippen LogP contribution is -2.20. The minimum absolute atomic E-state index is 0.0682. The summed E-state index contributed by atoms with van der Waals surface area (Å²) in [6.45, 7) is 6.54. The van der Waals surface area contributed by atoms with Gasteiger partial charge in [0.2, 0.25) is 15.9 Å². The number of anilines is 1. The maximum atomic E-state index is 14.2. The Morgan fingerprint density at radius 1 is 1.17 bits per heavy atom. The first-order valence-corrected chi connectivity index (χ1v) is 11.8. The van der Waals surface area contributed by atoms with Crippen molar-refractivity contribution in [2.75, 3.05) is 11.0 Å². The van der Waals surface area contributed by atoms with Crippen molar-refractivity contribution in [3.8, 4) is 0 Å². The highest BCUT2D eigenvalue weighted by molar-refractivity contribution is 14.1. The Morgan fingerprint density at radius 3 is 2.31 bits per heavy atom. The number of carbonyl (C=O) groups is 1. The van der Waals surface area contributed by atoms with Crippen molar-refractivity contribution < 1.29 is 17.6 Å². The Hall–Kier alpha value is -1.94. The fourth-order valence-corrected chi connectivity index (χ4v) is 4.08. The van der Waals surface area contributed by atoms with Crippen LogP contribution in [0.25, 0.3) is 6.08 Å². The molecule has 2 aromatic rings. The highest BCUT2D eigenvalue weighted by Gasteiger charge is 2.14. The Bertz CT molecular complexity index is 1000. The van der Waals surface area contributed by atoms with Crippen LogP contribution in [0.15, 0.2) is 42.5 Å². The van der Waals surface area contributed by atoms with Crippen LogP contribution in [0.1, 0.15) is 37.5 Å². The lowest BCUT2D eigenvalue weighted by atomic mass is 9.87. The number of benzene rings is 2. The molecule has 0 fully saturated rings. The van der Waals surface area contributed by atoms with E-state index >= 15 is 0 Å². The molecule has 0 aliphatic carbocycles. The molecule has 0 atom stereocenters. The number of rotatable bonds is 6. The fourth-order valence-electron chi connectivity index (χ4n) is 2.52. The second-order valence-corrected chi connectivity index (χ2v) is 10.6. The summed E-state index contributed by atoms with van der Waals surface area (Å²) in [7, 11) is -3.58. The molecule has 0 aromatic heterocycles. The van der Waals surface area contributed by atoms with Crippen LogP contribution in [-0.4, -0.2) is 20.6 Å². The minimum Gasteiger partial charge on any atom is -0.348 e. The zero-order valence-corrected chi connectivity index (χ0v) is 19.7. The predicted molar refractivity (Wildman–Crippen MR) is 124 cm³/mol. The molecule has 0 bridgehead atoms. The van der Waals surface area contributed by atoms with Crippen LogP contribution < -0.4 is 10.0 Å². The van der Waals surface area contributed by atoms with Crippen LogP contribution in [0, 0.1) is 9.39 Å². The molecular weight excluding hydrogens is 506 g/mol. The molecule has 2 aromatic carbocycles. The summed E-state index contributed by atoms with van der Waals surface area (Å²) >= 11 is 1.85. The number of halogens is 2. The molecule has 0 saturated heterocycles. The number of hydrogen-bond acceptors (Lipinski definition) is 3. The summed E-state index contributed by atoms with van der Waals surface area (Å²) in [6.07, 6.45) is 4.10. The first-order valence-electron chi connectivity index (χ1n) is 8.87. The van der Waals surface area contributed by atoms with E-state index in [2.05, 4.69) is 30.8 Å². The van der Waals surface area contributed by atoms with Gasteiger partial charge in [0.05, 0.1) is 11.9 Å². The van der Waals surface area contributed by atoms with Gasteiger partial charge in [0.1, 0.15) is 5.82 Å². The zero-order valence-electron chi connectivity index (χ0n) is 16.7. The first kappa shape index (κ1) is 23.3. The van der Waals surface area contributed by atoms with E-state index in [9.17, 15) is 17.6 Å². The molecule has 29 heavy (non-hydrogen) atoms. The van der Waals surface area contributed by atoms with Crippen molar-refractivity contribution in [1.29, 1.82) is 0 Å². The smallest absolute Gasteiger partial charge is 0.244 e. The highest BCUT2D eigenvalue weighted by Crippen LogP contribution is 2.25. The molecule has 0 radical (unpaired) electrons. The molecule has 2 rings (SSSR count). The van der Waals surface area contributed by atoms with E-state index < -0.39 is 15.8 Å². The Labute approximate surface area is 185 Å². The number of carbonyl (C=O) groups excluding carboxylic acids is 1. The first-order chi connectivity index (χ1) is 13.3. The Kier molecular flexibility index (Phi) is 7.45. The van der Waals surface area contributed by atoms with Crippen LogP contribution >= 0.6 is 22.6 Å². The molecule has 0 saturated carbocycles. The topological polar surface area (TPSA) is 75.3 Å². The van der Waals surface area contributed by atoms with Crippen molar-refractivity contribution in [3.63, 3.8) is 0 Å². The largest absolute Gasteiger partial charge is 0.348 e. The average Bonchev–Trinajstić information content (AvgIpc) is 2.60. The van der Waals surface area contributed by atoms with Crippen molar-refractivity contribution >= 4 is 50.3 Å².